The summed E-state index contributed by atoms with van der Waals surface area (Å²) in [7, 11) is 1.66. The fourth-order valence-corrected chi connectivity index (χ4v) is 3.49. The van der Waals surface area contributed by atoms with Crippen LogP contribution in [0.25, 0.3) is 11.2 Å². The van der Waals surface area contributed by atoms with Crippen LogP contribution in [0.2, 0.25) is 0 Å². The molecule has 0 atom stereocenters. The number of H-pyrrole nitrogens is 1. The van der Waals surface area contributed by atoms with Gasteiger partial charge in [-0.05, 0) is 18.9 Å². The SMILES string of the molecule is CCN1CCN(Cc2nc3c(c(=O)[nH]c(=O)n3C)n2CCC(C)C)CC1. The maximum atomic E-state index is 12.5. The number of hydrogen-bond donors (Lipinski definition) is 1. The van der Waals surface area contributed by atoms with Gasteiger partial charge in [0.1, 0.15) is 5.82 Å². The van der Waals surface area contributed by atoms with Gasteiger partial charge in [-0.2, -0.15) is 0 Å². The minimum Gasteiger partial charge on any atom is -0.321 e. The van der Waals surface area contributed by atoms with Crippen LogP contribution in [-0.4, -0.2) is 61.6 Å². The Morgan fingerprint density at radius 1 is 1.12 bits per heavy atom. The van der Waals surface area contributed by atoms with Crippen molar-refractivity contribution >= 4 is 11.2 Å². The van der Waals surface area contributed by atoms with Crippen molar-refractivity contribution in [3.8, 4) is 0 Å². The maximum absolute atomic E-state index is 12.5. The van der Waals surface area contributed by atoms with Gasteiger partial charge in [-0.3, -0.25) is 19.2 Å². The van der Waals surface area contributed by atoms with E-state index in [2.05, 4.69) is 35.6 Å². The van der Waals surface area contributed by atoms with Crippen molar-refractivity contribution in [2.24, 2.45) is 13.0 Å². The lowest BCUT2D eigenvalue weighted by atomic mass is 10.1. The van der Waals surface area contributed by atoms with Crippen LogP contribution >= 0.6 is 0 Å². The van der Waals surface area contributed by atoms with E-state index in [4.69, 9.17) is 4.98 Å². The lowest BCUT2D eigenvalue weighted by Gasteiger charge is -2.33. The van der Waals surface area contributed by atoms with Crippen LogP contribution in [0.4, 0.5) is 0 Å². The highest BCUT2D eigenvalue weighted by molar-refractivity contribution is 5.70. The Morgan fingerprint density at radius 2 is 1.77 bits per heavy atom. The number of nitrogens with one attached hydrogen (secondary N) is 1. The first-order chi connectivity index (χ1) is 12.4. The van der Waals surface area contributed by atoms with E-state index in [1.807, 2.05) is 4.57 Å². The average Bonchev–Trinajstić information content (AvgIpc) is 2.97. The van der Waals surface area contributed by atoms with E-state index in [0.717, 1.165) is 51.5 Å². The largest absolute Gasteiger partial charge is 0.329 e. The molecule has 1 N–H and O–H groups in total. The number of hydrogen-bond acceptors (Lipinski definition) is 5. The summed E-state index contributed by atoms with van der Waals surface area (Å²) in [4.78, 5) is 36.3. The molecule has 1 fully saturated rings. The first-order valence-corrected chi connectivity index (χ1v) is 9.53. The summed E-state index contributed by atoms with van der Waals surface area (Å²) in [5.41, 5.74) is 0.222. The minimum atomic E-state index is -0.417. The average molecular weight is 362 g/mol. The number of imidazole rings is 1. The van der Waals surface area contributed by atoms with Crippen LogP contribution in [-0.2, 0) is 20.1 Å². The molecule has 0 radical (unpaired) electrons. The van der Waals surface area contributed by atoms with Crippen molar-refractivity contribution in [3.63, 3.8) is 0 Å². The van der Waals surface area contributed by atoms with E-state index in [1.54, 1.807) is 7.05 Å². The summed E-state index contributed by atoms with van der Waals surface area (Å²) < 4.78 is 3.45. The molecule has 26 heavy (non-hydrogen) atoms. The molecule has 0 bridgehead atoms. The van der Waals surface area contributed by atoms with Gasteiger partial charge in [0.2, 0.25) is 0 Å². The summed E-state index contributed by atoms with van der Waals surface area (Å²) in [5.74, 6) is 1.40. The molecule has 1 aliphatic heterocycles. The molecule has 1 aliphatic rings. The van der Waals surface area contributed by atoms with Gasteiger partial charge < -0.3 is 9.47 Å². The van der Waals surface area contributed by atoms with Crippen LogP contribution in [0, 0.1) is 5.92 Å². The quantitative estimate of drug-likeness (QED) is 0.814. The molecule has 0 saturated carbocycles. The molecule has 0 amide bonds. The van der Waals surface area contributed by atoms with E-state index in [9.17, 15) is 9.59 Å². The van der Waals surface area contributed by atoms with Crippen molar-refractivity contribution < 1.29 is 0 Å². The number of rotatable bonds is 6. The summed E-state index contributed by atoms with van der Waals surface area (Å²) in [5, 5.41) is 0. The Morgan fingerprint density at radius 3 is 2.38 bits per heavy atom. The second kappa shape index (κ2) is 7.75. The molecule has 8 heteroatoms. The molecule has 3 heterocycles. The van der Waals surface area contributed by atoms with E-state index in [-0.39, 0.29) is 5.56 Å². The van der Waals surface area contributed by atoms with Gasteiger partial charge in [0.15, 0.2) is 11.2 Å². The molecule has 1 saturated heterocycles. The summed E-state index contributed by atoms with van der Waals surface area (Å²) in [6, 6.07) is 0. The standard InChI is InChI=1S/C18H30N6O2/c1-5-22-8-10-23(11-9-22)12-14-19-16-15(24(14)7-6-13(2)3)17(25)20-18(26)21(16)4/h13H,5-12H2,1-4H3,(H,20,25,26). The number of aromatic amines is 1. The second-order valence-electron chi connectivity index (χ2n) is 7.56. The molecule has 0 unspecified atom stereocenters. The Hall–Kier alpha value is -1.93. The normalized spacial score (nSPS) is 16.8. The Bertz CT molecular complexity index is 870. The van der Waals surface area contributed by atoms with Crippen molar-refractivity contribution in [2.75, 3.05) is 32.7 Å². The first kappa shape index (κ1) is 18.8. The third-order valence-electron chi connectivity index (χ3n) is 5.29. The molecule has 8 nitrogen and oxygen atoms in total. The summed E-state index contributed by atoms with van der Waals surface area (Å²) in [6.07, 6.45) is 0.963. The van der Waals surface area contributed by atoms with E-state index in [0.29, 0.717) is 23.6 Å². The van der Waals surface area contributed by atoms with Gasteiger partial charge >= 0.3 is 5.69 Å². The number of piperazine rings is 1. The smallest absolute Gasteiger partial charge is 0.321 e. The van der Waals surface area contributed by atoms with E-state index < -0.39 is 5.69 Å². The number of nitrogens with zero attached hydrogens (tertiary/aromatic N) is 5. The third-order valence-corrected chi connectivity index (χ3v) is 5.29. The zero-order valence-electron chi connectivity index (χ0n) is 16.3. The molecule has 3 rings (SSSR count). The van der Waals surface area contributed by atoms with Gasteiger partial charge in [-0.25, -0.2) is 9.78 Å². The van der Waals surface area contributed by atoms with Crippen molar-refractivity contribution in [2.45, 2.75) is 40.3 Å². The number of aryl methyl sites for hydroxylation is 2. The van der Waals surface area contributed by atoms with Gasteiger partial charge in [0.05, 0.1) is 6.54 Å². The van der Waals surface area contributed by atoms with Crippen LogP contribution in [0.15, 0.2) is 9.59 Å². The fourth-order valence-electron chi connectivity index (χ4n) is 3.49. The molecule has 0 aliphatic carbocycles. The Kier molecular flexibility index (Phi) is 5.62. The minimum absolute atomic E-state index is 0.346. The Labute approximate surface area is 153 Å². The van der Waals surface area contributed by atoms with Crippen molar-refractivity contribution in [1.29, 1.82) is 0 Å². The van der Waals surface area contributed by atoms with Crippen LogP contribution in [0.1, 0.15) is 33.0 Å². The predicted molar refractivity (Wildman–Crippen MR) is 102 cm³/mol. The molecule has 2 aromatic heterocycles. The summed E-state index contributed by atoms with van der Waals surface area (Å²) >= 11 is 0. The lowest BCUT2D eigenvalue weighted by molar-refractivity contribution is 0.128. The molecule has 0 aromatic carbocycles. The zero-order chi connectivity index (χ0) is 18.8. The monoisotopic (exact) mass is 362 g/mol. The van der Waals surface area contributed by atoms with Gasteiger partial charge in [0, 0.05) is 39.8 Å². The van der Waals surface area contributed by atoms with Gasteiger partial charge in [-0.15, -0.1) is 0 Å². The van der Waals surface area contributed by atoms with E-state index in [1.165, 1.54) is 4.57 Å². The highest BCUT2D eigenvalue weighted by Crippen LogP contribution is 2.16. The zero-order valence-corrected chi connectivity index (χ0v) is 16.3. The van der Waals surface area contributed by atoms with Crippen LogP contribution in [0.3, 0.4) is 0 Å². The van der Waals surface area contributed by atoms with Crippen LogP contribution in [0.5, 0.6) is 0 Å². The number of aromatic nitrogens is 4. The first-order valence-electron chi connectivity index (χ1n) is 9.53. The lowest BCUT2D eigenvalue weighted by Crippen LogP contribution is -2.45. The highest BCUT2D eigenvalue weighted by atomic mass is 16.2. The fraction of sp³-hybridized carbons (Fsp3) is 0.722. The van der Waals surface area contributed by atoms with Crippen molar-refractivity contribution in [3.05, 3.63) is 26.7 Å². The van der Waals surface area contributed by atoms with Crippen LogP contribution < -0.4 is 11.2 Å². The number of fused-ring (bicyclic) bond motifs is 1. The molecule has 2 aromatic rings. The predicted octanol–water partition coefficient (Wildman–Crippen LogP) is 0.607. The molecular formula is C18H30N6O2. The summed E-state index contributed by atoms with van der Waals surface area (Å²) in [6.45, 7) is 13.2. The maximum Gasteiger partial charge on any atom is 0.329 e. The van der Waals surface area contributed by atoms with Gasteiger partial charge in [0.25, 0.3) is 5.56 Å². The van der Waals surface area contributed by atoms with Crippen molar-refractivity contribution in [1.82, 2.24) is 28.9 Å². The third kappa shape index (κ3) is 3.76. The van der Waals surface area contributed by atoms with Gasteiger partial charge in [-0.1, -0.05) is 20.8 Å². The molecular weight excluding hydrogens is 332 g/mol. The molecule has 144 valence electrons. The topological polar surface area (TPSA) is 79.2 Å². The van der Waals surface area contributed by atoms with E-state index >= 15 is 0 Å². The number of likely N-dealkylation sites (N-methyl/N-ethyl adjacent to an activating group) is 1. The Balaban J connectivity index is 1.96. The second-order valence-corrected chi connectivity index (χ2v) is 7.56. The molecule has 0 spiro atoms. The highest BCUT2D eigenvalue weighted by Gasteiger charge is 2.21.